The largest absolute Gasteiger partial charge is 0.309 e. The monoisotopic (exact) mass is 379 g/mol. The Morgan fingerprint density at radius 3 is 2.92 bits per heavy atom. The maximum atomic E-state index is 12.4. The first-order valence-corrected chi connectivity index (χ1v) is 10.4. The van der Waals surface area contributed by atoms with E-state index in [-0.39, 0.29) is 11.6 Å². The first-order chi connectivity index (χ1) is 12.8. The number of nitrogens with zero attached hydrogens (tertiary/aromatic N) is 2. The Hall–Kier alpha value is -2.28. The Kier molecular flexibility index (Phi) is 3.96. The summed E-state index contributed by atoms with van der Waals surface area (Å²) in [6.45, 7) is 1.60. The second-order valence-corrected chi connectivity index (χ2v) is 8.45. The fourth-order valence-electron chi connectivity index (χ4n) is 3.72. The molecule has 0 saturated heterocycles. The second-order valence-electron chi connectivity index (χ2n) is 6.47. The molecule has 1 N–H and O–H groups in total. The highest BCUT2D eigenvalue weighted by molar-refractivity contribution is 7.10. The molecule has 4 heterocycles. The summed E-state index contributed by atoms with van der Waals surface area (Å²) >= 11 is 3.63. The highest BCUT2D eigenvalue weighted by Gasteiger charge is 2.30. The number of fused-ring (bicyclic) bond motifs is 2. The van der Waals surface area contributed by atoms with Crippen molar-refractivity contribution in [1.82, 2.24) is 14.9 Å². The van der Waals surface area contributed by atoms with Crippen molar-refractivity contribution in [2.75, 3.05) is 6.54 Å². The summed E-state index contributed by atoms with van der Waals surface area (Å²) in [5, 5.41) is 4.96. The van der Waals surface area contributed by atoms with Gasteiger partial charge in [0.2, 0.25) is 0 Å². The van der Waals surface area contributed by atoms with Gasteiger partial charge in [-0.25, -0.2) is 4.98 Å². The van der Waals surface area contributed by atoms with Gasteiger partial charge in [0.05, 0.1) is 23.5 Å². The van der Waals surface area contributed by atoms with Crippen LogP contribution >= 0.6 is 22.7 Å². The highest BCUT2D eigenvalue weighted by Crippen LogP contribution is 2.39. The zero-order valence-electron chi connectivity index (χ0n) is 14.0. The topological polar surface area (TPSA) is 49.0 Å². The van der Waals surface area contributed by atoms with Crippen LogP contribution in [0, 0.1) is 0 Å². The molecule has 1 aliphatic rings. The number of aromatic amines is 1. The van der Waals surface area contributed by atoms with Gasteiger partial charge in [0, 0.05) is 16.3 Å². The fraction of sp³-hybridized carbons (Fsp3) is 0.200. The molecule has 4 nitrogen and oxygen atoms in total. The second kappa shape index (κ2) is 6.46. The maximum absolute atomic E-state index is 12.4. The van der Waals surface area contributed by atoms with Crippen LogP contribution in [0.5, 0.6) is 0 Å². The summed E-state index contributed by atoms with van der Waals surface area (Å²) < 4.78 is 0. The standard InChI is InChI=1S/C20H17N3OS2/c24-20-13-4-1-2-5-15(13)21-18(22-20)12-23-9-7-16-14(8-11-26-16)19(23)17-6-3-10-25-17/h1-6,8,10-11,19H,7,9,12H2,(H,21,22,24). The first kappa shape index (κ1) is 15.9. The summed E-state index contributed by atoms with van der Waals surface area (Å²) in [6, 6.07) is 14.3. The smallest absolute Gasteiger partial charge is 0.258 e. The van der Waals surface area contributed by atoms with E-state index in [0.717, 1.165) is 24.3 Å². The molecule has 0 amide bonds. The van der Waals surface area contributed by atoms with Gasteiger partial charge in [-0.05, 0) is 47.0 Å². The number of thiophene rings is 2. The van der Waals surface area contributed by atoms with Crippen LogP contribution in [0.25, 0.3) is 10.9 Å². The van der Waals surface area contributed by atoms with Crippen LogP contribution in [0.1, 0.15) is 27.2 Å². The van der Waals surface area contributed by atoms with E-state index in [0.29, 0.717) is 11.9 Å². The maximum Gasteiger partial charge on any atom is 0.258 e. The van der Waals surface area contributed by atoms with Gasteiger partial charge in [-0.15, -0.1) is 22.7 Å². The molecule has 0 bridgehead atoms. The van der Waals surface area contributed by atoms with Crippen molar-refractivity contribution in [3.05, 3.63) is 84.7 Å². The van der Waals surface area contributed by atoms with E-state index in [1.807, 2.05) is 35.6 Å². The van der Waals surface area contributed by atoms with Crippen molar-refractivity contribution in [2.24, 2.45) is 0 Å². The van der Waals surface area contributed by atoms with E-state index in [9.17, 15) is 4.79 Å². The van der Waals surface area contributed by atoms with E-state index in [1.165, 1.54) is 15.3 Å². The van der Waals surface area contributed by atoms with Crippen LogP contribution in [0.15, 0.2) is 58.0 Å². The lowest BCUT2D eigenvalue weighted by molar-refractivity contribution is 0.204. The van der Waals surface area contributed by atoms with Crippen LogP contribution in [-0.4, -0.2) is 21.4 Å². The average molecular weight is 380 g/mol. The van der Waals surface area contributed by atoms with Gasteiger partial charge in [0.15, 0.2) is 0 Å². The van der Waals surface area contributed by atoms with Gasteiger partial charge in [-0.3, -0.25) is 9.69 Å². The quantitative estimate of drug-likeness (QED) is 0.581. The molecule has 4 aromatic rings. The lowest BCUT2D eigenvalue weighted by Gasteiger charge is -2.35. The summed E-state index contributed by atoms with van der Waals surface area (Å²) in [4.78, 5) is 25.3. The number of benzene rings is 1. The predicted octanol–water partition coefficient (Wildman–Crippen LogP) is 4.19. The summed E-state index contributed by atoms with van der Waals surface area (Å²) in [5.74, 6) is 0.730. The van der Waals surface area contributed by atoms with Crippen molar-refractivity contribution in [2.45, 2.75) is 19.0 Å². The van der Waals surface area contributed by atoms with Crippen LogP contribution < -0.4 is 5.56 Å². The Morgan fingerprint density at radius 2 is 2.04 bits per heavy atom. The molecular formula is C20H17N3OS2. The number of nitrogens with one attached hydrogen (secondary N) is 1. The molecule has 0 aliphatic carbocycles. The van der Waals surface area contributed by atoms with Crippen molar-refractivity contribution in [3.63, 3.8) is 0 Å². The summed E-state index contributed by atoms with van der Waals surface area (Å²) in [6.07, 6.45) is 1.05. The van der Waals surface area contributed by atoms with Crippen LogP contribution in [0.3, 0.4) is 0 Å². The number of H-pyrrole nitrogens is 1. The van der Waals surface area contributed by atoms with Gasteiger partial charge < -0.3 is 4.98 Å². The molecule has 3 aromatic heterocycles. The van der Waals surface area contributed by atoms with E-state index >= 15 is 0 Å². The third kappa shape index (κ3) is 2.70. The van der Waals surface area contributed by atoms with Crippen molar-refractivity contribution in [3.8, 4) is 0 Å². The van der Waals surface area contributed by atoms with E-state index < -0.39 is 0 Å². The summed E-state index contributed by atoms with van der Waals surface area (Å²) in [7, 11) is 0. The lowest BCUT2D eigenvalue weighted by Crippen LogP contribution is -2.35. The Bertz CT molecular complexity index is 1110. The van der Waals surface area contributed by atoms with E-state index in [2.05, 4.69) is 38.8 Å². The van der Waals surface area contributed by atoms with Gasteiger partial charge in [-0.1, -0.05) is 18.2 Å². The minimum absolute atomic E-state index is 0.0634. The van der Waals surface area contributed by atoms with Crippen molar-refractivity contribution < 1.29 is 0 Å². The van der Waals surface area contributed by atoms with Gasteiger partial charge in [0.1, 0.15) is 5.82 Å². The molecule has 0 fully saturated rings. The molecule has 1 atom stereocenters. The number of rotatable bonds is 3. The van der Waals surface area contributed by atoms with Crippen molar-refractivity contribution in [1.29, 1.82) is 0 Å². The molecular weight excluding hydrogens is 362 g/mol. The van der Waals surface area contributed by atoms with E-state index in [1.54, 1.807) is 11.3 Å². The molecule has 0 radical (unpaired) electrons. The number of aromatic nitrogens is 2. The third-order valence-electron chi connectivity index (χ3n) is 4.89. The normalized spacial score (nSPS) is 17.5. The molecule has 5 rings (SSSR count). The molecule has 1 aliphatic heterocycles. The van der Waals surface area contributed by atoms with E-state index in [4.69, 9.17) is 4.98 Å². The number of para-hydroxylation sites is 1. The van der Waals surface area contributed by atoms with Gasteiger partial charge >= 0.3 is 0 Å². The van der Waals surface area contributed by atoms with Crippen LogP contribution in [-0.2, 0) is 13.0 Å². The Balaban J connectivity index is 1.54. The minimum Gasteiger partial charge on any atom is -0.309 e. The molecule has 1 unspecified atom stereocenters. The summed E-state index contributed by atoms with van der Waals surface area (Å²) in [5.41, 5.74) is 2.09. The van der Waals surface area contributed by atoms with Crippen LogP contribution in [0.2, 0.25) is 0 Å². The molecule has 1 aromatic carbocycles. The average Bonchev–Trinajstić information content (AvgIpc) is 3.33. The zero-order chi connectivity index (χ0) is 17.5. The SMILES string of the molecule is O=c1[nH]c(CN2CCc3sccc3C2c2cccs2)nc2ccccc12. The minimum atomic E-state index is -0.0634. The fourth-order valence-corrected chi connectivity index (χ4v) is 5.50. The third-order valence-corrected chi connectivity index (χ3v) is 6.81. The molecule has 0 saturated carbocycles. The molecule has 0 spiro atoms. The van der Waals surface area contributed by atoms with Crippen molar-refractivity contribution >= 4 is 33.6 Å². The molecule has 130 valence electrons. The predicted molar refractivity (Wildman–Crippen MR) is 107 cm³/mol. The number of hydrogen-bond donors (Lipinski definition) is 1. The molecule has 26 heavy (non-hydrogen) atoms. The lowest BCUT2D eigenvalue weighted by atomic mass is 9.98. The Labute approximate surface area is 158 Å². The Morgan fingerprint density at radius 1 is 1.12 bits per heavy atom. The molecule has 6 heteroatoms. The number of hydrogen-bond acceptors (Lipinski definition) is 5. The van der Waals surface area contributed by atoms with Gasteiger partial charge in [-0.2, -0.15) is 0 Å². The van der Waals surface area contributed by atoms with Gasteiger partial charge in [0.25, 0.3) is 5.56 Å². The first-order valence-electron chi connectivity index (χ1n) is 8.61. The highest BCUT2D eigenvalue weighted by atomic mass is 32.1. The zero-order valence-corrected chi connectivity index (χ0v) is 15.6. The van der Waals surface area contributed by atoms with Crippen LogP contribution in [0.4, 0.5) is 0 Å².